The number of carbonyl (C=O) groups excluding carboxylic acids is 1. The Hall–Kier alpha value is -4.13. The Labute approximate surface area is 164 Å². The lowest BCUT2D eigenvalue weighted by Crippen LogP contribution is -2.11. The van der Waals surface area contributed by atoms with Gasteiger partial charge < -0.3 is 4.57 Å². The van der Waals surface area contributed by atoms with Crippen molar-refractivity contribution in [3.05, 3.63) is 88.5 Å². The normalized spacial score (nSPS) is 11.3. The van der Waals surface area contributed by atoms with Crippen LogP contribution in [0.3, 0.4) is 0 Å². The molecule has 3 aromatic carbocycles. The SMILES string of the molecule is O=C(Cn1c2ccccc2c2nc3ccccc3nc21)c1ccc([N+](=O)[O-])cc1. The van der Waals surface area contributed by atoms with Crippen molar-refractivity contribution in [3.8, 4) is 0 Å². The molecule has 7 heteroatoms. The molecular formula is C22H14N4O3. The minimum absolute atomic E-state index is 0.0456. The van der Waals surface area contributed by atoms with E-state index in [1.165, 1.54) is 24.3 Å². The van der Waals surface area contributed by atoms with Crippen molar-refractivity contribution in [1.29, 1.82) is 0 Å². The molecule has 0 atom stereocenters. The first kappa shape index (κ1) is 17.0. The second kappa shape index (κ2) is 6.49. The van der Waals surface area contributed by atoms with E-state index in [1.807, 2.05) is 53.1 Å². The highest BCUT2D eigenvalue weighted by Crippen LogP contribution is 2.28. The van der Waals surface area contributed by atoms with Crippen LogP contribution in [0.25, 0.3) is 33.1 Å². The van der Waals surface area contributed by atoms with Crippen LogP contribution in [0.2, 0.25) is 0 Å². The fraction of sp³-hybridized carbons (Fsp3) is 0.0455. The molecule has 0 aliphatic heterocycles. The van der Waals surface area contributed by atoms with Crippen molar-refractivity contribution in [2.75, 3.05) is 0 Å². The predicted octanol–water partition coefficient (Wildman–Crippen LogP) is 4.53. The Morgan fingerprint density at radius 1 is 0.897 bits per heavy atom. The van der Waals surface area contributed by atoms with Gasteiger partial charge >= 0.3 is 0 Å². The lowest BCUT2D eigenvalue weighted by atomic mass is 10.1. The molecule has 29 heavy (non-hydrogen) atoms. The molecule has 5 aromatic rings. The van der Waals surface area contributed by atoms with Gasteiger partial charge in [0.2, 0.25) is 0 Å². The number of Topliss-reactive ketones (excluding diaryl/α,β-unsaturated/α-hetero) is 1. The van der Waals surface area contributed by atoms with Crippen LogP contribution in [0.1, 0.15) is 10.4 Å². The smallest absolute Gasteiger partial charge is 0.269 e. The number of nitro groups is 1. The van der Waals surface area contributed by atoms with Crippen LogP contribution in [-0.2, 0) is 6.54 Å². The molecule has 0 fully saturated rings. The summed E-state index contributed by atoms with van der Waals surface area (Å²) in [4.78, 5) is 32.8. The highest BCUT2D eigenvalue weighted by Gasteiger charge is 2.17. The van der Waals surface area contributed by atoms with E-state index in [1.54, 1.807) is 0 Å². The molecule has 140 valence electrons. The van der Waals surface area contributed by atoms with E-state index >= 15 is 0 Å². The summed E-state index contributed by atoms with van der Waals surface area (Å²) < 4.78 is 1.86. The van der Waals surface area contributed by atoms with E-state index in [9.17, 15) is 14.9 Å². The number of carbonyl (C=O) groups is 1. The number of para-hydroxylation sites is 3. The van der Waals surface area contributed by atoms with E-state index in [0.717, 1.165) is 27.5 Å². The summed E-state index contributed by atoms with van der Waals surface area (Å²) in [6, 6.07) is 21.0. The highest BCUT2D eigenvalue weighted by molar-refractivity contribution is 6.08. The molecule has 2 aromatic heterocycles. The average molecular weight is 382 g/mol. The van der Waals surface area contributed by atoms with Gasteiger partial charge in [0.15, 0.2) is 11.4 Å². The molecule has 0 N–H and O–H groups in total. The molecule has 0 amide bonds. The summed E-state index contributed by atoms with van der Waals surface area (Å²) in [6.07, 6.45) is 0. The fourth-order valence-electron chi connectivity index (χ4n) is 3.55. The summed E-state index contributed by atoms with van der Waals surface area (Å²) in [5, 5.41) is 11.8. The van der Waals surface area contributed by atoms with Crippen molar-refractivity contribution >= 4 is 44.6 Å². The number of hydrogen-bond acceptors (Lipinski definition) is 5. The molecule has 0 unspecified atom stereocenters. The number of nitrogens with zero attached hydrogens (tertiary/aromatic N) is 4. The topological polar surface area (TPSA) is 90.9 Å². The van der Waals surface area contributed by atoms with Gasteiger partial charge in [-0.15, -0.1) is 0 Å². The molecule has 0 saturated carbocycles. The van der Waals surface area contributed by atoms with E-state index in [2.05, 4.69) is 0 Å². The van der Waals surface area contributed by atoms with Crippen LogP contribution in [0.5, 0.6) is 0 Å². The van der Waals surface area contributed by atoms with Crippen molar-refractivity contribution in [1.82, 2.24) is 14.5 Å². The van der Waals surface area contributed by atoms with E-state index < -0.39 is 4.92 Å². The van der Waals surface area contributed by atoms with Crippen molar-refractivity contribution in [3.63, 3.8) is 0 Å². The zero-order valence-electron chi connectivity index (χ0n) is 15.1. The van der Waals surface area contributed by atoms with Crippen LogP contribution >= 0.6 is 0 Å². The molecule has 0 bridgehead atoms. The number of hydrogen-bond donors (Lipinski definition) is 0. The van der Waals surface area contributed by atoms with Crippen LogP contribution in [0.15, 0.2) is 72.8 Å². The van der Waals surface area contributed by atoms with Gasteiger partial charge in [0.1, 0.15) is 5.52 Å². The Balaban J connectivity index is 1.65. The first-order valence-corrected chi connectivity index (χ1v) is 9.03. The standard InChI is InChI=1S/C22H14N4O3/c27-20(14-9-11-15(12-10-14)26(28)29)13-25-19-8-4-1-5-16(19)21-22(25)24-18-7-3-2-6-17(18)23-21/h1-12H,13H2. The summed E-state index contributed by atoms with van der Waals surface area (Å²) in [7, 11) is 0. The van der Waals surface area contributed by atoms with Gasteiger partial charge in [0, 0.05) is 23.1 Å². The van der Waals surface area contributed by atoms with Gasteiger partial charge in [0.05, 0.1) is 28.0 Å². The molecule has 0 radical (unpaired) electrons. The number of aromatic nitrogens is 3. The first-order chi connectivity index (χ1) is 14.1. The summed E-state index contributed by atoms with van der Waals surface area (Å²) in [5.74, 6) is -0.155. The number of nitro benzene ring substituents is 1. The Bertz CT molecular complexity index is 1420. The minimum atomic E-state index is -0.484. The summed E-state index contributed by atoms with van der Waals surface area (Å²) in [5.41, 5.74) is 4.17. The first-order valence-electron chi connectivity index (χ1n) is 9.03. The predicted molar refractivity (Wildman–Crippen MR) is 110 cm³/mol. The van der Waals surface area contributed by atoms with Crippen molar-refractivity contribution < 1.29 is 9.72 Å². The van der Waals surface area contributed by atoms with Crippen molar-refractivity contribution in [2.45, 2.75) is 6.54 Å². The maximum absolute atomic E-state index is 12.9. The quantitative estimate of drug-likeness (QED) is 0.259. The number of non-ortho nitro benzene ring substituents is 1. The summed E-state index contributed by atoms with van der Waals surface area (Å²) in [6.45, 7) is 0.0643. The minimum Gasteiger partial charge on any atom is -0.316 e. The van der Waals surface area contributed by atoms with Crippen LogP contribution < -0.4 is 0 Å². The number of fused-ring (bicyclic) bond motifs is 4. The van der Waals surface area contributed by atoms with Crippen LogP contribution in [0.4, 0.5) is 5.69 Å². The third kappa shape index (κ3) is 2.80. The van der Waals surface area contributed by atoms with E-state index in [4.69, 9.17) is 9.97 Å². The molecule has 7 nitrogen and oxygen atoms in total. The molecular weight excluding hydrogens is 368 g/mol. The highest BCUT2D eigenvalue weighted by atomic mass is 16.6. The molecule has 0 saturated heterocycles. The Kier molecular flexibility index (Phi) is 3.80. The maximum Gasteiger partial charge on any atom is 0.269 e. The van der Waals surface area contributed by atoms with Gasteiger partial charge in [-0.2, -0.15) is 0 Å². The third-order valence-corrected chi connectivity index (χ3v) is 4.96. The van der Waals surface area contributed by atoms with Gasteiger partial charge in [-0.05, 0) is 30.3 Å². The van der Waals surface area contributed by atoms with Gasteiger partial charge in [-0.1, -0.05) is 30.3 Å². The monoisotopic (exact) mass is 382 g/mol. The summed E-state index contributed by atoms with van der Waals surface area (Å²) >= 11 is 0. The van der Waals surface area contributed by atoms with Crippen LogP contribution in [0, 0.1) is 10.1 Å². The van der Waals surface area contributed by atoms with E-state index in [0.29, 0.717) is 11.2 Å². The van der Waals surface area contributed by atoms with Crippen LogP contribution in [-0.4, -0.2) is 25.2 Å². The fourth-order valence-corrected chi connectivity index (χ4v) is 3.55. The number of ketones is 1. The van der Waals surface area contributed by atoms with Gasteiger partial charge in [-0.3, -0.25) is 14.9 Å². The van der Waals surface area contributed by atoms with E-state index in [-0.39, 0.29) is 18.0 Å². The maximum atomic E-state index is 12.9. The average Bonchev–Trinajstić information content (AvgIpc) is 3.05. The molecule has 0 aliphatic rings. The molecule has 0 spiro atoms. The molecule has 0 aliphatic carbocycles. The molecule has 2 heterocycles. The lowest BCUT2D eigenvalue weighted by Gasteiger charge is -2.07. The second-order valence-electron chi connectivity index (χ2n) is 6.71. The Morgan fingerprint density at radius 3 is 2.28 bits per heavy atom. The zero-order chi connectivity index (χ0) is 20.0. The van der Waals surface area contributed by atoms with Gasteiger partial charge in [-0.25, -0.2) is 9.97 Å². The van der Waals surface area contributed by atoms with Crippen molar-refractivity contribution in [2.24, 2.45) is 0 Å². The largest absolute Gasteiger partial charge is 0.316 e. The number of benzene rings is 3. The lowest BCUT2D eigenvalue weighted by molar-refractivity contribution is -0.384. The molecule has 5 rings (SSSR count). The van der Waals surface area contributed by atoms with Gasteiger partial charge in [0.25, 0.3) is 5.69 Å². The number of rotatable bonds is 4. The Morgan fingerprint density at radius 2 is 1.55 bits per heavy atom. The zero-order valence-corrected chi connectivity index (χ0v) is 15.1. The second-order valence-corrected chi connectivity index (χ2v) is 6.71. The third-order valence-electron chi connectivity index (χ3n) is 4.96.